The summed E-state index contributed by atoms with van der Waals surface area (Å²) in [6.45, 7) is 6.26. The van der Waals surface area contributed by atoms with Gasteiger partial charge in [0.15, 0.2) is 5.60 Å². The van der Waals surface area contributed by atoms with Crippen LogP contribution in [0, 0.1) is 16.7 Å². The van der Waals surface area contributed by atoms with Gasteiger partial charge in [-0.15, -0.1) is 12.4 Å². The van der Waals surface area contributed by atoms with E-state index in [4.69, 9.17) is 15.3 Å². The Balaban J connectivity index is 0.000000234. The molecule has 38 heavy (non-hydrogen) atoms. The molecule has 6 rings (SSSR count). The van der Waals surface area contributed by atoms with Crippen LogP contribution in [-0.2, 0) is 26.6 Å². The topological polar surface area (TPSA) is 97.3 Å². The molecular weight excluding hydrogens is 632 g/mol. The van der Waals surface area contributed by atoms with Crippen LogP contribution in [0.4, 0.5) is 0 Å². The van der Waals surface area contributed by atoms with Crippen LogP contribution >= 0.6 is 44.3 Å². The lowest BCUT2D eigenvalue weighted by Crippen LogP contribution is -2.35. The number of aliphatic hydroxyl groups excluding tert-OH is 1. The Morgan fingerprint density at radius 1 is 0.947 bits per heavy atom. The molecule has 5 nitrogen and oxygen atoms in total. The number of hydrogen-bond acceptors (Lipinski definition) is 5. The zero-order chi connectivity index (χ0) is 26.4. The fraction of sp³-hybridized carbons (Fsp3) is 0.533. The van der Waals surface area contributed by atoms with E-state index in [-0.39, 0.29) is 43.2 Å². The van der Waals surface area contributed by atoms with Gasteiger partial charge in [-0.1, -0.05) is 51.4 Å². The largest absolute Gasteiger partial charge is 0.479 e. The number of nitrogens with one attached hydrogen (secondary N) is 1. The first-order chi connectivity index (χ1) is 17.0. The number of nitriles is 1. The van der Waals surface area contributed by atoms with Gasteiger partial charge in [0, 0.05) is 15.6 Å². The van der Waals surface area contributed by atoms with E-state index in [1.165, 1.54) is 29.5 Å². The number of halogens is 3. The maximum absolute atomic E-state index is 10.8. The SMILES string of the molecule is C.CC1(C#N)CC2(CC2)c2cc(Br)ccc21.CCO.CCOC(=N)C1(O)CC2(CC2)c2cc(Br)ccc21.Cl. The van der Waals surface area contributed by atoms with Gasteiger partial charge < -0.3 is 14.9 Å². The summed E-state index contributed by atoms with van der Waals surface area (Å²) in [6.07, 6.45) is 6.31. The summed E-state index contributed by atoms with van der Waals surface area (Å²) in [4.78, 5) is 0. The third kappa shape index (κ3) is 5.71. The van der Waals surface area contributed by atoms with Crippen molar-refractivity contribution in [2.75, 3.05) is 13.2 Å². The lowest BCUT2D eigenvalue weighted by Gasteiger charge is -2.24. The third-order valence-corrected chi connectivity index (χ3v) is 9.04. The van der Waals surface area contributed by atoms with Gasteiger partial charge in [0.2, 0.25) is 5.90 Å². The molecule has 0 heterocycles. The molecule has 4 aliphatic carbocycles. The predicted octanol–water partition coefficient (Wildman–Crippen LogP) is 7.81. The first-order valence-electron chi connectivity index (χ1n) is 12.6. The summed E-state index contributed by atoms with van der Waals surface area (Å²) < 4.78 is 7.42. The van der Waals surface area contributed by atoms with Crippen molar-refractivity contribution in [3.8, 4) is 6.07 Å². The maximum Gasteiger partial charge on any atom is 0.218 e. The van der Waals surface area contributed by atoms with Crippen LogP contribution in [0.15, 0.2) is 45.3 Å². The van der Waals surface area contributed by atoms with Crippen LogP contribution in [0.25, 0.3) is 0 Å². The van der Waals surface area contributed by atoms with Crippen LogP contribution in [0.1, 0.15) is 89.0 Å². The van der Waals surface area contributed by atoms with Crippen molar-refractivity contribution in [3.63, 3.8) is 0 Å². The van der Waals surface area contributed by atoms with Gasteiger partial charge in [-0.2, -0.15) is 5.26 Å². The van der Waals surface area contributed by atoms with Crippen molar-refractivity contribution in [3.05, 3.63) is 67.6 Å². The number of nitrogens with zero attached hydrogens (tertiary/aromatic N) is 1. The molecule has 2 unspecified atom stereocenters. The average molecular weight is 671 g/mol. The first-order valence-corrected chi connectivity index (χ1v) is 14.2. The molecular formula is C30H39Br2ClN2O3. The summed E-state index contributed by atoms with van der Waals surface area (Å²) in [6, 6.07) is 14.8. The van der Waals surface area contributed by atoms with Crippen molar-refractivity contribution in [2.45, 2.75) is 88.6 Å². The molecule has 2 aromatic rings. The number of hydrogen-bond donors (Lipinski definition) is 3. The van der Waals surface area contributed by atoms with E-state index in [1.54, 1.807) is 6.92 Å². The van der Waals surface area contributed by atoms with Crippen LogP contribution in [0.5, 0.6) is 0 Å². The van der Waals surface area contributed by atoms with Gasteiger partial charge in [0.05, 0.1) is 18.1 Å². The van der Waals surface area contributed by atoms with Crippen LogP contribution in [0.3, 0.4) is 0 Å². The van der Waals surface area contributed by atoms with E-state index in [2.05, 4.69) is 69.1 Å². The molecule has 2 atom stereocenters. The maximum atomic E-state index is 10.8. The van der Waals surface area contributed by atoms with Gasteiger partial charge in [-0.3, -0.25) is 5.41 Å². The molecule has 0 aliphatic heterocycles. The van der Waals surface area contributed by atoms with Gasteiger partial charge in [-0.05, 0) is 117 Å². The van der Waals surface area contributed by atoms with E-state index in [0.717, 1.165) is 33.8 Å². The molecule has 4 aliphatic rings. The van der Waals surface area contributed by atoms with E-state index in [9.17, 15) is 10.4 Å². The molecule has 3 N–H and O–H groups in total. The highest BCUT2D eigenvalue weighted by molar-refractivity contribution is 9.10. The normalized spacial score (nSPS) is 25.1. The van der Waals surface area contributed by atoms with Crippen molar-refractivity contribution in [1.82, 2.24) is 0 Å². The Bertz CT molecular complexity index is 1220. The predicted molar refractivity (Wildman–Crippen MR) is 162 cm³/mol. The van der Waals surface area contributed by atoms with E-state index >= 15 is 0 Å². The van der Waals surface area contributed by atoms with Gasteiger partial charge in [0.25, 0.3) is 0 Å². The Kier molecular flexibility index (Phi) is 10.3. The van der Waals surface area contributed by atoms with E-state index < -0.39 is 5.60 Å². The van der Waals surface area contributed by atoms with Crippen LogP contribution in [0.2, 0.25) is 0 Å². The molecule has 2 fully saturated rings. The smallest absolute Gasteiger partial charge is 0.218 e. The third-order valence-electron chi connectivity index (χ3n) is 8.05. The van der Waals surface area contributed by atoms with Crippen LogP contribution in [-0.4, -0.2) is 29.3 Å². The number of aliphatic hydroxyl groups is 2. The fourth-order valence-corrected chi connectivity index (χ4v) is 6.78. The second-order valence-corrected chi connectivity index (χ2v) is 12.5. The number of fused-ring (bicyclic) bond motifs is 4. The quantitative estimate of drug-likeness (QED) is 0.224. The molecule has 208 valence electrons. The Morgan fingerprint density at radius 2 is 1.39 bits per heavy atom. The molecule has 0 bridgehead atoms. The minimum absolute atomic E-state index is 0. The van der Waals surface area contributed by atoms with E-state index in [0.29, 0.717) is 18.4 Å². The highest BCUT2D eigenvalue weighted by Crippen LogP contribution is 2.63. The lowest BCUT2D eigenvalue weighted by atomic mass is 9.85. The highest BCUT2D eigenvalue weighted by atomic mass is 79.9. The van der Waals surface area contributed by atoms with Crippen molar-refractivity contribution >= 4 is 50.2 Å². The minimum atomic E-state index is -1.23. The van der Waals surface area contributed by atoms with E-state index in [1.807, 2.05) is 19.1 Å². The summed E-state index contributed by atoms with van der Waals surface area (Å²) in [5.41, 5.74) is 3.65. The summed E-state index contributed by atoms with van der Waals surface area (Å²) in [5, 5.41) is 35.7. The summed E-state index contributed by atoms with van der Waals surface area (Å²) in [7, 11) is 0. The number of rotatable bonds is 2. The molecule has 8 heteroatoms. The number of ether oxygens (including phenoxy) is 1. The zero-order valence-corrected chi connectivity index (χ0v) is 25.5. The minimum Gasteiger partial charge on any atom is -0.479 e. The second kappa shape index (κ2) is 12.0. The van der Waals surface area contributed by atoms with Crippen molar-refractivity contribution < 1.29 is 14.9 Å². The monoisotopic (exact) mass is 668 g/mol. The lowest BCUT2D eigenvalue weighted by molar-refractivity contribution is 0.0712. The van der Waals surface area contributed by atoms with Crippen molar-refractivity contribution in [1.29, 1.82) is 10.7 Å². The molecule has 2 aromatic carbocycles. The number of benzene rings is 2. The molecule has 0 radical (unpaired) electrons. The Labute approximate surface area is 250 Å². The Hall–Kier alpha value is -1.43. The average Bonchev–Trinajstić information content (AvgIpc) is 3.75. The molecule has 2 saturated carbocycles. The molecule has 2 spiro atoms. The van der Waals surface area contributed by atoms with Crippen LogP contribution < -0.4 is 0 Å². The van der Waals surface area contributed by atoms with Gasteiger partial charge in [0.1, 0.15) is 0 Å². The molecule has 0 saturated heterocycles. The highest BCUT2D eigenvalue weighted by Gasteiger charge is 2.60. The first kappa shape index (κ1) is 32.8. The zero-order valence-electron chi connectivity index (χ0n) is 21.5. The summed E-state index contributed by atoms with van der Waals surface area (Å²) >= 11 is 7.00. The van der Waals surface area contributed by atoms with Gasteiger partial charge >= 0.3 is 0 Å². The molecule has 0 aromatic heterocycles. The van der Waals surface area contributed by atoms with Crippen molar-refractivity contribution in [2.24, 2.45) is 0 Å². The summed E-state index contributed by atoms with van der Waals surface area (Å²) in [5.74, 6) is -0.0163. The molecule has 0 amide bonds. The fourth-order valence-electron chi connectivity index (χ4n) is 6.06. The Morgan fingerprint density at radius 3 is 1.84 bits per heavy atom. The second-order valence-electron chi connectivity index (χ2n) is 10.7. The van der Waals surface area contributed by atoms with Gasteiger partial charge in [-0.25, -0.2) is 0 Å². The standard InChI is InChI=1S/C14H16BrNO2.C13H12BrN.C2H6O.CH4.ClH/c1-2-18-12(16)14(17)8-13(5-6-13)11-7-9(15)3-4-10(11)14;1-12(8-15)7-13(4-5-13)11-6-9(14)2-3-10(11)12;1-2-3;;/h3-4,7,16-17H,2,5-6,8H2,1H3;2-3,6H,4-5,7H2,1H3;3H,2H2,1H3;1H4;1H.